The van der Waals surface area contributed by atoms with Crippen LogP contribution in [0.1, 0.15) is 128 Å². The lowest BCUT2D eigenvalue weighted by atomic mass is 10.0. The molecule has 0 heterocycles. The van der Waals surface area contributed by atoms with Crippen molar-refractivity contribution in [3.63, 3.8) is 0 Å². The minimum absolute atomic E-state index is 0.265. The molecule has 0 aromatic heterocycles. The van der Waals surface area contributed by atoms with Gasteiger partial charge in [0.25, 0.3) is 0 Å². The minimum Gasteiger partial charge on any atom is -0.396 e. The van der Waals surface area contributed by atoms with Crippen LogP contribution in [0.2, 0.25) is 0 Å². The maximum atomic E-state index is 10.8. The van der Waals surface area contributed by atoms with Crippen LogP contribution in [0, 0.1) is 0 Å². The molecule has 0 aliphatic heterocycles. The van der Waals surface area contributed by atoms with Crippen LogP contribution in [0.15, 0.2) is 0 Å². The fourth-order valence-electron chi connectivity index (χ4n) is 3.46. The molecule has 0 aliphatic rings. The number of amides is 1. The number of rotatable bonds is 21. The standard InChI is InChI=1S/C22H45NO3/c24-21-19-17-15-13-11-9-7-5-3-1-2-4-6-8-10-12-14-16-18-20-22(25)23-26/h24,26H,1-21H2,(H,23,25). The summed E-state index contributed by atoms with van der Waals surface area (Å²) in [6.45, 7) is 0.355. The summed E-state index contributed by atoms with van der Waals surface area (Å²) in [5.74, 6) is -0.265. The van der Waals surface area contributed by atoms with E-state index in [2.05, 4.69) is 0 Å². The highest BCUT2D eigenvalue weighted by Crippen LogP contribution is 2.14. The highest BCUT2D eigenvalue weighted by molar-refractivity contribution is 5.74. The first-order valence-corrected chi connectivity index (χ1v) is 11.3. The molecule has 156 valence electrons. The Morgan fingerprint density at radius 3 is 1.04 bits per heavy atom. The van der Waals surface area contributed by atoms with Gasteiger partial charge in [0.1, 0.15) is 0 Å². The summed E-state index contributed by atoms with van der Waals surface area (Å²) in [4.78, 5) is 10.8. The van der Waals surface area contributed by atoms with Crippen LogP contribution < -0.4 is 5.48 Å². The van der Waals surface area contributed by atoms with Crippen LogP contribution in [0.5, 0.6) is 0 Å². The molecule has 0 aromatic carbocycles. The first-order valence-electron chi connectivity index (χ1n) is 11.3. The van der Waals surface area contributed by atoms with E-state index in [-0.39, 0.29) is 5.91 Å². The molecule has 0 unspecified atom stereocenters. The summed E-state index contributed by atoms with van der Waals surface area (Å²) in [6, 6.07) is 0. The monoisotopic (exact) mass is 371 g/mol. The second-order valence-corrected chi connectivity index (χ2v) is 7.73. The smallest absolute Gasteiger partial charge is 0.243 e. The second kappa shape index (κ2) is 22.4. The summed E-state index contributed by atoms with van der Waals surface area (Å²) in [6.07, 6.45) is 25.0. The van der Waals surface area contributed by atoms with E-state index in [1.807, 2.05) is 0 Å². The van der Waals surface area contributed by atoms with Gasteiger partial charge in [-0.1, -0.05) is 109 Å². The molecular weight excluding hydrogens is 326 g/mol. The van der Waals surface area contributed by atoms with Gasteiger partial charge in [-0.3, -0.25) is 10.0 Å². The van der Waals surface area contributed by atoms with Gasteiger partial charge in [-0.2, -0.15) is 0 Å². The van der Waals surface area contributed by atoms with Crippen molar-refractivity contribution in [1.29, 1.82) is 0 Å². The van der Waals surface area contributed by atoms with Gasteiger partial charge in [0.15, 0.2) is 0 Å². The number of hydrogen-bond acceptors (Lipinski definition) is 3. The number of aliphatic hydroxyl groups is 1. The Labute approximate surface area is 162 Å². The maximum absolute atomic E-state index is 10.8. The fourth-order valence-corrected chi connectivity index (χ4v) is 3.46. The number of hydroxylamine groups is 1. The lowest BCUT2D eigenvalue weighted by molar-refractivity contribution is -0.129. The van der Waals surface area contributed by atoms with Crippen molar-refractivity contribution in [2.45, 2.75) is 128 Å². The van der Waals surface area contributed by atoms with Crippen molar-refractivity contribution >= 4 is 5.91 Å². The summed E-state index contributed by atoms with van der Waals surface area (Å²) < 4.78 is 0. The molecule has 0 saturated carbocycles. The summed E-state index contributed by atoms with van der Waals surface area (Å²) in [5, 5.41) is 17.1. The molecule has 0 atom stereocenters. The first kappa shape index (κ1) is 25.4. The predicted octanol–water partition coefficient (Wildman–Crippen LogP) is 6.29. The van der Waals surface area contributed by atoms with Gasteiger partial charge in [0.2, 0.25) is 5.91 Å². The van der Waals surface area contributed by atoms with E-state index in [1.54, 1.807) is 5.48 Å². The van der Waals surface area contributed by atoms with Crippen LogP contribution in [0.25, 0.3) is 0 Å². The zero-order valence-electron chi connectivity index (χ0n) is 17.2. The molecule has 0 radical (unpaired) electrons. The predicted molar refractivity (Wildman–Crippen MR) is 109 cm³/mol. The average Bonchev–Trinajstić information content (AvgIpc) is 2.66. The third-order valence-corrected chi connectivity index (χ3v) is 5.19. The van der Waals surface area contributed by atoms with Crippen LogP contribution >= 0.6 is 0 Å². The Kier molecular flexibility index (Phi) is 21.9. The number of carbonyl (C=O) groups excluding carboxylic acids is 1. The molecule has 0 saturated heterocycles. The van der Waals surface area contributed by atoms with E-state index in [0.29, 0.717) is 13.0 Å². The number of unbranched alkanes of at least 4 members (excludes halogenated alkanes) is 18. The SMILES string of the molecule is O=C(CCCCCCCCCCCCCCCCCCCCCO)NO. The molecule has 4 nitrogen and oxygen atoms in total. The zero-order valence-corrected chi connectivity index (χ0v) is 17.2. The van der Waals surface area contributed by atoms with Gasteiger partial charge in [-0.15, -0.1) is 0 Å². The van der Waals surface area contributed by atoms with Crippen molar-refractivity contribution in [3.8, 4) is 0 Å². The molecule has 0 fully saturated rings. The number of carbonyl (C=O) groups is 1. The molecule has 0 rings (SSSR count). The van der Waals surface area contributed by atoms with Gasteiger partial charge >= 0.3 is 0 Å². The van der Waals surface area contributed by atoms with Gasteiger partial charge in [-0.25, -0.2) is 5.48 Å². The van der Waals surface area contributed by atoms with Gasteiger partial charge < -0.3 is 5.11 Å². The minimum atomic E-state index is -0.265. The Morgan fingerprint density at radius 2 is 0.769 bits per heavy atom. The molecular formula is C22H45NO3. The Bertz CT molecular complexity index is 285. The lowest BCUT2D eigenvalue weighted by Gasteiger charge is -2.04. The van der Waals surface area contributed by atoms with Crippen LogP contribution in [-0.2, 0) is 4.79 Å². The average molecular weight is 372 g/mol. The largest absolute Gasteiger partial charge is 0.396 e. The quantitative estimate of drug-likeness (QED) is 0.126. The van der Waals surface area contributed by atoms with Crippen molar-refractivity contribution in [1.82, 2.24) is 5.48 Å². The van der Waals surface area contributed by atoms with Crippen molar-refractivity contribution in [3.05, 3.63) is 0 Å². The van der Waals surface area contributed by atoms with E-state index < -0.39 is 0 Å². The molecule has 26 heavy (non-hydrogen) atoms. The number of nitrogens with one attached hydrogen (secondary N) is 1. The van der Waals surface area contributed by atoms with Crippen molar-refractivity contribution in [2.24, 2.45) is 0 Å². The molecule has 0 aromatic rings. The van der Waals surface area contributed by atoms with Gasteiger partial charge in [0, 0.05) is 13.0 Å². The van der Waals surface area contributed by atoms with Crippen molar-refractivity contribution < 1.29 is 15.1 Å². The molecule has 0 bridgehead atoms. The van der Waals surface area contributed by atoms with Gasteiger partial charge in [0.05, 0.1) is 0 Å². The van der Waals surface area contributed by atoms with E-state index in [0.717, 1.165) is 19.3 Å². The fraction of sp³-hybridized carbons (Fsp3) is 0.955. The maximum Gasteiger partial charge on any atom is 0.243 e. The highest BCUT2D eigenvalue weighted by Gasteiger charge is 1.98. The second-order valence-electron chi connectivity index (χ2n) is 7.73. The van der Waals surface area contributed by atoms with Crippen molar-refractivity contribution in [2.75, 3.05) is 6.61 Å². The molecule has 1 amide bonds. The first-order chi connectivity index (χ1) is 12.8. The molecule has 4 heteroatoms. The number of aliphatic hydroxyl groups excluding tert-OH is 1. The van der Waals surface area contributed by atoms with Gasteiger partial charge in [-0.05, 0) is 12.8 Å². The van der Waals surface area contributed by atoms with Crippen LogP contribution in [0.3, 0.4) is 0 Å². The summed E-state index contributed by atoms with van der Waals surface area (Å²) >= 11 is 0. The zero-order chi connectivity index (χ0) is 19.1. The Morgan fingerprint density at radius 1 is 0.500 bits per heavy atom. The normalized spacial score (nSPS) is 11.0. The molecule has 0 aliphatic carbocycles. The van der Waals surface area contributed by atoms with E-state index >= 15 is 0 Å². The highest BCUT2D eigenvalue weighted by atomic mass is 16.5. The van der Waals surface area contributed by atoms with E-state index in [4.69, 9.17) is 10.3 Å². The summed E-state index contributed by atoms with van der Waals surface area (Å²) in [7, 11) is 0. The Hall–Kier alpha value is -0.610. The topological polar surface area (TPSA) is 69.6 Å². The third kappa shape index (κ3) is 21.4. The molecule has 3 N–H and O–H groups in total. The lowest BCUT2D eigenvalue weighted by Crippen LogP contribution is -2.17. The van der Waals surface area contributed by atoms with E-state index in [9.17, 15) is 4.79 Å². The van der Waals surface area contributed by atoms with Crippen LogP contribution in [0.4, 0.5) is 0 Å². The third-order valence-electron chi connectivity index (χ3n) is 5.19. The van der Waals surface area contributed by atoms with E-state index in [1.165, 1.54) is 103 Å². The number of hydrogen-bond donors (Lipinski definition) is 3. The van der Waals surface area contributed by atoms with Crippen LogP contribution in [-0.4, -0.2) is 22.8 Å². The Balaban J connectivity index is 3.00. The summed E-state index contributed by atoms with van der Waals surface area (Å²) in [5.41, 5.74) is 1.68. The molecule has 0 spiro atoms.